The smallest absolute Gasteiger partial charge is 0.379 e. The van der Waals surface area contributed by atoms with Crippen LogP contribution in [0.2, 0.25) is 0 Å². The number of fused-ring (bicyclic) bond motifs is 1. The van der Waals surface area contributed by atoms with Crippen molar-refractivity contribution >= 4 is 23.1 Å². The Labute approximate surface area is 190 Å². The summed E-state index contributed by atoms with van der Waals surface area (Å²) in [6, 6.07) is 15.3. The SMILES string of the molecule is CCOc1cc(C=Nn2c(C(C)C)nc3ccccc3c2=O)ccc1OC(=O)c1ccco1. The Kier molecular flexibility index (Phi) is 6.35. The fourth-order valence-electron chi connectivity index (χ4n) is 3.25. The van der Waals surface area contributed by atoms with Gasteiger partial charge in [0.15, 0.2) is 11.5 Å². The third-order valence-electron chi connectivity index (χ3n) is 4.81. The number of ether oxygens (including phenoxy) is 2. The lowest BCUT2D eigenvalue weighted by Crippen LogP contribution is -2.23. The number of nitrogens with zero attached hydrogens (tertiary/aromatic N) is 3. The lowest BCUT2D eigenvalue weighted by Gasteiger charge is -2.12. The van der Waals surface area contributed by atoms with Crippen molar-refractivity contribution in [3.63, 3.8) is 0 Å². The molecule has 168 valence electrons. The molecular weight excluding hydrogens is 422 g/mol. The zero-order chi connectivity index (χ0) is 23.4. The van der Waals surface area contributed by atoms with Crippen molar-refractivity contribution < 1.29 is 18.7 Å². The van der Waals surface area contributed by atoms with E-state index in [1.165, 1.54) is 17.0 Å². The molecule has 0 bridgehead atoms. The van der Waals surface area contributed by atoms with Crippen molar-refractivity contribution in [1.29, 1.82) is 0 Å². The molecule has 0 spiro atoms. The van der Waals surface area contributed by atoms with Crippen LogP contribution in [0, 0.1) is 0 Å². The first-order chi connectivity index (χ1) is 16.0. The third-order valence-corrected chi connectivity index (χ3v) is 4.81. The van der Waals surface area contributed by atoms with Crippen molar-refractivity contribution in [2.75, 3.05) is 6.61 Å². The number of hydrogen-bond acceptors (Lipinski definition) is 7. The fourth-order valence-corrected chi connectivity index (χ4v) is 3.25. The third kappa shape index (κ3) is 4.69. The van der Waals surface area contributed by atoms with Crippen molar-refractivity contribution in [3.05, 3.63) is 88.4 Å². The number of para-hydroxylation sites is 1. The van der Waals surface area contributed by atoms with E-state index in [1.807, 2.05) is 32.9 Å². The van der Waals surface area contributed by atoms with Gasteiger partial charge in [0, 0.05) is 5.92 Å². The minimum absolute atomic E-state index is 0.0122. The van der Waals surface area contributed by atoms with E-state index >= 15 is 0 Å². The molecule has 2 aromatic carbocycles. The second-order valence-corrected chi connectivity index (χ2v) is 7.51. The molecule has 0 radical (unpaired) electrons. The highest BCUT2D eigenvalue weighted by Gasteiger charge is 2.16. The van der Waals surface area contributed by atoms with Crippen molar-refractivity contribution in [2.24, 2.45) is 5.10 Å². The number of carbonyl (C=O) groups is 1. The van der Waals surface area contributed by atoms with Gasteiger partial charge in [0.25, 0.3) is 5.56 Å². The first-order valence-corrected chi connectivity index (χ1v) is 10.6. The Bertz CT molecular complexity index is 1370. The summed E-state index contributed by atoms with van der Waals surface area (Å²) < 4.78 is 17.4. The monoisotopic (exact) mass is 445 g/mol. The molecule has 4 rings (SSSR count). The highest BCUT2D eigenvalue weighted by atomic mass is 16.6. The molecule has 0 saturated heterocycles. The summed E-state index contributed by atoms with van der Waals surface area (Å²) in [7, 11) is 0. The predicted molar refractivity (Wildman–Crippen MR) is 124 cm³/mol. The van der Waals surface area contributed by atoms with Gasteiger partial charge in [0.2, 0.25) is 5.76 Å². The predicted octanol–water partition coefficient (Wildman–Crippen LogP) is 4.61. The number of rotatable bonds is 7. The van der Waals surface area contributed by atoms with Gasteiger partial charge in [-0.2, -0.15) is 9.78 Å². The molecule has 0 atom stereocenters. The molecule has 0 amide bonds. The van der Waals surface area contributed by atoms with Gasteiger partial charge in [-0.05, 0) is 55.0 Å². The van der Waals surface area contributed by atoms with Crippen LogP contribution < -0.4 is 15.0 Å². The highest BCUT2D eigenvalue weighted by Crippen LogP contribution is 2.29. The summed E-state index contributed by atoms with van der Waals surface area (Å²) in [5.74, 6) is 0.633. The van der Waals surface area contributed by atoms with Crippen LogP contribution in [0.25, 0.3) is 10.9 Å². The summed E-state index contributed by atoms with van der Waals surface area (Å²) in [6.07, 6.45) is 2.94. The van der Waals surface area contributed by atoms with E-state index in [4.69, 9.17) is 13.9 Å². The Balaban J connectivity index is 1.68. The quantitative estimate of drug-likeness (QED) is 0.234. The first kappa shape index (κ1) is 22.0. The second-order valence-electron chi connectivity index (χ2n) is 7.51. The fraction of sp³-hybridized carbons (Fsp3) is 0.200. The van der Waals surface area contributed by atoms with Crippen LogP contribution in [-0.4, -0.2) is 28.5 Å². The lowest BCUT2D eigenvalue weighted by atomic mass is 10.2. The van der Waals surface area contributed by atoms with E-state index < -0.39 is 5.97 Å². The summed E-state index contributed by atoms with van der Waals surface area (Å²) in [4.78, 5) is 29.9. The summed E-state index contributed by atoms with van der Waals surface area (Å²) in [6.45, 7) is 6.11. The Morgan fingerprint density at radius 2 is 1.97 bits per heavy atom. The van der Waals surface area contributed by atoms with Crippen LogP contribution in [0.1, 0.15) is 48.6 Å². The molecule has 0 fully saturated rings. The second kappa shape index (κ2) is 9.52. The maximum absolute atomic E-state index is 13.1. The molecular formula is C25H23N3O5. The maximum atomic E-state index is 13.1. The minimum Gasteiger partial charge on any atom is -0.490 e. The van der Waals surface area contributed by atoms with E-state index in [9.17, 15) is 9.59 Å². The molecule has 0 aliphatic heterocycles. The molecule has 2 heterocycles. The number of esters is 1. The normalized spacial score (nSPS) is 11.4. The lowest BCUT2D eigenvalue weighted by molar-refractivity contribution is 0.0695. The molecule has 2 aromatic heterocycles. The van der Waals surface area contributed by atoms with Gasteiger partial charge in [-0.3, -0.25) is 4.79 Å². The zero-order valence-electron chi connectivity index (χ0n) is 18.5. The average molecular weight is 445 g/mol. The van der Waals surface area contributed by atoms with Crippen molar-refractivity contribution in [1.82, 2.24) is 9.66 Å². The van der Waals surface area contributed by atoms with Gasteiger partial charge >= 0.3 is 5.97 Å². The van der Waals surface area contributed by atoms with Crippen molar-refractivity contribution in [3.8, 4) is 11.5 Å². The van der Waals surface area contributed by atoms with E-state index in [-0.39, 0.29) is 23.0 Å². The van der Waals surface area contributed by atoms with Crippen LogP contribution in [-0.2, 0) is 0 Å². The molecule has 4 aromatic rings. The number of aromatic nitrogens is 2. The topological polar surface area (TPSA) is 95.9 Å². The number of carbonyl (C=O) groups excluding carboxylic acids is 1. The number of hydrogen-bond donors (Lipinski definition) is 0. The maximum Gasteiger partial charge on any atom is 0.379 e. The molecule has 0 aliphatic rings. The molecule has 33 heavy (non-hydrogen) atoms. The molecule has 8 heteroatoms. The molecule has 0 unspecified atom stereocenters. The first-order valence-electron chi connectivity index (χ1n) is 10.6. The molecule has 0 saturated carbocycles. The van der Waals surface area contributed by atoms with E-state index in [0.717, 1.165) is 0 Å². The molecule has 0 aliphatic carbocycles. The Morgan fingerprint density at radius 1 is 1.15 bits per heavy atom. The van der Waals surface area contributed by atoms with Crippen molar-refractivity contribution in [2.45, 2.75) is 26.7 Å². The van der Waals surface area contributed by atoms with Gasteiger partial charge < -0.3 is 13.9 Å². The van der Waals surface area contributed by atoms with Gasteiger partial charge in [0.1, 0.15) is 5.82 Å². The Hall–Kier alpha value is -4.20. The van der Waals surface area contributed by atoms with E-state index in [1.54, 1.807) is 42.6 Å². The molecule has 8 nitrogen and oxygen atoms in total. The zero-order valence-corrected chi connectivity index (χ0v) is 18.5. The molecule has 0 N–H and O–H groups in total. The van der Waals surface area contributed by atoms with Crippen LogP contribution in [0.15, 0.2) is 75.2 Å². The largest absolute Gasteiger partial charge is 0.490 e. The summed E-state index contributed by atoms with van der Waals surface area (Å²) >= 11 is 0. The van der Waals surface area contributed by atoms with Gasteiger partial charge in [0.05, 0.1) is 30.0 Å². The van der Waals surface area contributed by atoms with E-state index in [0.29, 0.717) is 34.6 Å². The van der Waals surface area contributed by atoms with Crippen LogP contribution in [0.5, 0.6) is 11.5 Å². The van der Waals surface area contributed by atoms with E-state index in [2.05, 4.69) is 10.1 Å². The van der Waals surface area contributed by atoms with Crippen LogP contribution in [0.3, 0.4) is 0 Å². The van der Waals surface area contributed by atoms with Crippen LogP contribution in [0.4, 0.5) is 0 Å². The van der Waals surface area contributed by atoms with Crippen LogP contribution >= 0.6 is 0 Å². The summed E-state index contributed by atoms with van der Waals surface area (Å²) in [5, 5.41) is 4.91. The Morgan fingerprint density at radius 3 is 2.70 bits per heavy atom. The minimum atomic E-state index is -0.627. The number of furan rings is 1. The van der Waals surface area contributed by atoms with Gasteiger partial charge in [-0.25, -0.2) is 9.78 Å². The van der Waals surface area contributed by atoms with Gasteiger partial charge in [-0.1, -0.05) is 26.0 Å². The average Bonchev–Trinajstić information content (AvgIpc) is 3.35. The summed E-state index contributed by atoms with van der Waals surface area (Å²) in [5.41, 5.74) is 1.06. The highest BCUT2D eigenvalue weighted by molar-refractivity contribution is 5.89. The van der Waals surface area contributed by atoms with Gasteiger partial charge in [-0.15, -0.1) is 0 Å². The number of benzene rings is 2. The standard InChI is InChI=1S/C25H23N3O5/c1-4-31-22-14-17(11-12-20(22)33-25(30)21-10-7-13-32-21)15-26-28-23(16(2)3)27-19-9-6-5-8-18(19)24(28)29/h5-16H,4H2,1-3H3.